The first kappa shape index (κ1) is 17.9. The Bertz CT molecular complexity index is 841. The number of carbonyl (C=O) groups is 1. The maximum Gasteiger partial charge on any atom is 0.254 e. The van der Waals surface area contributed by atoms with Gasteiger partial charge in [0.2, 0.25) is 5.91 Å². The van der Waals surface area contributed by atoms with Gasteiger partial charge in [-0.25, -0.2) is 18.7 Å². The van der Waals surface area contributed by atoms with Gasteiger partial charge in [0.05, 0.1) is 17.8 Å². The van der Waals surface area contributed by atoms with Crippen molar-refractivity contribution >= 4 is 22.6 Å². The van der Waals surface area contributed by atoms with Gasteiger partial charge in [0.15, 0.2) is 0 Å². The highest BCUT2D eigenvalue weighted by Crippen LogP contribution is 2.24. The van der Waals surface area contributed by atoms with Crippen LogP contribution in [0.3, 0.4) is 0 Å². The number of hydrogen-bond acceptors (Lipinski definition) is 7. The zero-order valence-corrected chi connectivity index (χ0v) is 14.9. The number of anilines is 1. The van der Waals surface area contributed by atoms with Gasteiger partial charge >= 0.3 is 0 Å². The van der Waals surface area contributed by atoms with E-state index in [0.29, 0.717) is 32.0 Å². The summed E-state index contributed by atoms with van der Waals surface area (Å²) in [5.41, 5.74) is 0.795. The van der Waals surface area contributed by atoms with Gasteiger partial charge in [0.1, 0.15) is 17.9 Å². The SMILES string of the molecule is Cc1nc(N2CCN(C3NC(=O)CC(C(F)F)N3)CC2)c2ccncc2n1. The fourth-order valence-corrected chi connectivity index (χ4v) is 3.58. The topological polar surface area (TPSA) is 86.3 Å². The summed E-state index contributed by atoms with van der Waals surface area (Å²) in [5.74, 6) is 1.18. The van der Waals surface area contributed by atoms with Gasteiger partial charge in [-0.3, -0.25) is 20.0 Å². The maximum atomic E-state index is 13.0. The zero-order chi connectivity index (χ0) is 19.0. The number of nitrogens with zero attached hydrogens (tertiary/aromatic N) is 5. The number of hydrogen-bond donors (Lipinski definition) is 2. The molecule has 0 bridgehead atoms. The summed E-state index contributed by atoms with van der Waals surface area (Å²) in [6.45, 7) is 4.41. The van der Waals surface area contributed by atoms with Gasteiger partial charge in [0.25, 0.3) is 6.43 Å². The lowest BCUT2D eigenvalue weighted by molar-refractivity contribution is -0.129. The second-order valence-electron chi connectivity index (χ2n) is 6.79. The van der Waals surface area contributed by atoms with E-state index in [0.717, 1.165) is 16.7 Å². The Balaban J connectivity index is 1.47. The highest BCUT2D eigenvalue weighted by molar-refractivity contribution is 5.88. The van der Waals surface area contributed by atoms with Crippen molar-refractivity contribution in [3.63, 3.8) is 0 Å². The molecule has 2 N–H and O–H groups in total. The third-order valence-electron chi connectivity index (χ3n) is 4.95. The minimum atomic E-state index is -2.57. The highest BCUT2D eigenvalue weighted by Gasteiger charge is 2.35. The molecule has 10 heteroatoms. The van der Waals surface area contributed by atoms with Crippen LogP contribution < -0.4 is 15.5 Å². The number of piperazine rings is 1. The number of aromatic nitrogens is 3. The lowest BCUT2D eigenvalue weighted by Gasteiger charge is -2.43. The third kappa shape index (κ3) is 3.67. The van der Waals surface area contributed by atoms with Crippen molar-refractivity contribution in [2.75, 3.05) is 31.1 Å². The Hall–Kier alpha value is -2.46. The van der Waals surface area contributed by atoms with Gasteiger partial charge < -0.3 is 10.2 Å². The Labute approximate surface area is 155 Å². The van der Waals surface area contributed by atoms with E-state index in [-0.39, 0.29) is 12.3 Å². The monoisotopic (exact) mass is 377 g/mol. The molecule has 2 aromatic rings. The van der Waals surface area contributed by atoms with Crippen molar-refractivity contribution in [1.82, 2.24) is 30.5 Å². The fraction of sp³-hybridized carbons (Fsp3) is 0.529. The van der Waals surface area contributed by atoms with E-state index >= 15 is 0 Å². The van der Waals surface area contributed by atoms with E-state index in [1.165, 1.54) is 0 Å². The number of amides is 1. The molecule has 2 fully saturated rings. The first-order chi connectivity index (χ1) is 13.0. The summed E-state index contributed by atoms with van der Waals surface area (Å²) in [6.07, 6.45) is 0.0980. The first-order valence-electron chi connectivity index (χ1n) is 8.92. The average Bonchev–Trinajstić information content (AvgIpc) is 2.67. The number of alkyl halides is 2. The molecule has 0 spiro atoms. The molecule has 4 heterocycles. The van der Waals surface area contributed by atoms with Crippen LogP contribution in [-0.4, -0.2) is 70.7 Å². The average molecular weight is 377 g/mol. The van der Waals surface area contributed by atoms with Crippen molar-refractivity contribution in [1.29, 1.82) is 0 Å². The van der Waals surface area contributed by atoms with Crippen molar-refractivity contribution in [2.45, 2.75) is 32.1 Å². The van der Waals surface area contributed by atoms with Crippen LogP contribution in [0.4, 0.5) is 14.6 Å². The Morgan fingerprint density at radius 2 is 2.00 bits per heavy atom. The van der Waals surface area contributed by atoms with E-state index in [1.54, 1.807) is 12.4 Å². The number of pyridine rings is 1. The third-order valence-corrected chi connectivity index (χ3v) is 4.95. The summed E-state index contributed by atoms with van der Waals surface area (Å²) in [6, 6.07) is 0.787. The minimum Gasteiger partial charge on any atom is -0.353 e. The van der Waals surface area contributed by atoms with E-state index in [4.69, 9.17) is 0 Å². The number of rotatable bonds is 3. The summed E-state index contributed by atoms with van der Waals surface area (Å²) >= 11 is 0. The molecule has 27 heavy (non-hydrogen) atoms. The van der Waals surface area contributed by atoms with E-state index in [1.807, 2.05) is 17.9 Å². The lowest BCUT2D eigenvalue weighted by Crippen LogP contribution is -2.67. The van der Waals surface area contributed by atoms with E-state index < -0.39 is 18.8 Å². The second-order valence-corrected chi connectivity index (χ2v) is 6.79. The van der Waals surface area contributed by atoms with Gasteiger partial charge in [-0.15, -0.1) is 0 Å². The first-order valence-corrected chi connectivity index (χ1v) is 8.92. The smallest absolute Gasteiger partial charge is 0.254 e. The largest absolute Gasteiger partial charge is 0.353 e. The van der Waals surface area contributed by atoms with Crippen LogP contribution in [0, 0.1) is 6.92 Å². The van der Waals surface area contributed by atoms with Crippen molar-refractivity contribution in [3.8, 4) is 0 Å². The molecule has 2 aliphatic rings. The van der Waals surface area contributed by atoms with Crippen molar-refractivity contribution in [2.24, 2.45) is 0 Å². The molecule has 2 saturated heterocycles. The summed E-state index contributed by atoms with van der Waals surface area (Å²) in [5, 5.41) is 6.53. The van der Waals surface area contributed by atoms with Crippen LogP contribution in [-0.2, 0) is 4.79 Å². The number of halogens is 2. The molecule has 8 nitrogen and oxygen atoms in total. The second kappa shape index (κ2) is 7.28. The molecule has 4 rings (SSSR count). The van der Waals surface area contributed by atoms with Gasteiger partial charge in [0, 0.05) is 44.2 Å². The summed E-state index contributed by atoms with van der Waals surface area (Å²) in [4.78, 5) is 29.0. The molecular weight excluding hydrogens is 356 g/mol. The number of nitrogens with one attached hydrogen (secondary N) is 2. The zero-order valence-electron chi connectivity index (χ0n) is 14.9. The summed E-state index contributed by atoms with van der Waals surface area (Å²) in [7, 11) is 0. The highest BCUT2D eigenvalue weighted by atomic mass is 19.3. The summed E-state index contributed by atoms with van der Waals surface area (Å²) < 4.78 is 26.0. The standard InChI is InChI=1S/C17H21F2N7O/c1-10-21-13-9-20-3-2-11(13)16(22-10)25-4-6-26(7-5-25)17-23-12(15(18)19)8-14(27)24-17/h2-3,9,12,15,17,23H,4-8H2,1H3,(H,24,27). The molecule has 2 unspecified atom stereocenters. The molecular formula is C17H21F2N7O. The van der Waals surface area contributed by atoms with Gasteiger partial charge in [-0.05, 0) is 13.0 Å². The van der Waals surface area contributed by atoms with Crippen molar-refractivity contribution in [3.05, 3.63) is 24.3 Å². The number of fused-ring (bicyclic) bond motifs is 1. The predicted octanol–water partition coefficient (Wildman–Crippen LogP) is 0.482. The molecule has 0 saturated carbocycles. The van der Waals surface area contributed by atoms with Crippen LogP contribution >= 0.6 is 0 Å². The Kier molecular flexibility index (Phi) is 4.83. The van der Waals surface area contributed by atoms with Crippen LogP contribution in [0.2, 0.25) is 0 Å². The minimum absolute atomic E-state index is 0.200. The molecule has 1 amide bonds. The fourth-order valence-electron chi connectivity index (χ4n) is 3.58. The number of carbonyl (C=O) groups excluding carboxylic acids is 1. The molecule has 0 aliphatic carbocycles. The predicted molar refractivity (Wildman–Crippen MR) is 95.3 cm³/mol. The van der Waals surface area contributed by atoms with E-state index in [2.05, 4.69) is 30.5 Å². The van der Waals surface area contributed by atoms with Gasteiger partial charge in [-0.2, -0.15) is 0 Å². The molecule has 2 atom stereocenters. The van der Waals surface area contributed by atoms with Crippen molar-refractivity contribution < 1.29 is 13.6 Å². The Morgan fingerprint density at radius 1 is 1.22 bits per heavy atom. The molecule has 2 aliphatic heterocycles. The normalized spacial score (nSPS) is 24.4. The van der Waals surface area contributed by atoms with E-state index in [9.17, 15) is 13.6 Å². The van der Waals surface area contributed by atoms with Crippen LogP contribution in [0.5, 0.6) is 0 Å². The maximum absolute atomic E-state index is 13.0. The molecule has 2 aromatic heterocycles. The van der Waals surface area contributed by atoms with Crippen LogP contribution in [0.15, 0.2) is 18.5 Å². The van der Waals surface area contributed by atoms with Crippen LogP contribution in [0.1, 0.15) is 12.2 Å². The lowest BCUT2D eigenvalue weighted by atomic mass is 10.1. The number of aryl methyl sites for hydroxylation is 1. The van der Waals surface area contributed by atoms with Crippen LogP contribution in [0.25, 0.3) is 10.9 Å². The molecule has 0 aromatic carbocycles. The molecule has 144 valence electrons. The molecule has 0 radical (unpaired) electrons. The quantitative estimate of drug-likeness (QED) is 0.805. The Morgan fingerprint density at radius 3 is 2.74 bits per heavy atom. The van der Waals surface area contributed by atoms with Gasteiger partial charge in [-0.1, -0.05) is 0 Å².